The van der Waals surface area contributed by atoms with E-state index in [-0.39, 0.29) is 18.2 Å². The maximum atomic E-state index is 13.9. The number of amides is 2. The Balaban J connectivity index is 1.70. The van der Waals surface area contributed by atoms with Gasteiger partial charge in [-0.2, -0.15) is 0 Å². The van der Waals surface area contributed by atoms with Crippen molar-refractivity contribution in [2.75, 3.05) is 38.1 Å². The lowest BCUT2D eigenvalue weighted by atomic mass is 9.96. The molecule has 5 nitrogen and oxygen atoms in total. The van der Waals surface area contributed by atoms with E-state index in [4.69, 9.17) is 0 Å². The van der Waals surface area contributed by atoms with Gasteiger partial charge in [0.05, 0.1) is 12.5 Å². The predicted octanol–water partition coefficient (Wildman–Crippen LogP) is 3.31. The molecule has 4 rings (SSSR count). The Labute approximate surface area is 170 Å². The summed E-state index contributed by atoms with van der Waals surface area (Å²) in [6.45, 7) is 7.05. The molecule has 2 aromatic rings. The lowest BCUT2D eigenvalue weighted by Crippen LogP contribution is -2.47. The van der Waals surface area contributed by atoms with Gasteiger partial charge in [-0.1, -0.05) is 12.1 Å². The van der Waals surface area contributed by atoms with E-state index >= 15 is 0 Å². The maximum Gasteiger partial charge on any atom is 0.259 e. The second-order valence-electron chi connectivity index (χ2n) is 8.08. The predicted molar refractivity (Wildman–Crippen MR) is 111 cm³/mol. The van der Waals surface area contributed by atoms with E-state index < -0.39 is 11.9 Å². The van der Waals surface area contributed by atoms with Crippen molar-refractivity contribution in [3.63, 3.8) is 0 Å². The minimum absolute atomic E-state index is 0.0309. The van der Waals surface area contributed by atoms with Gasteiger partial charge in [0.25, 0.3) is 5.91 Å². The number of carbonyl (C=O) groups excluding carboxylic acids is 2. The number of piperazine rings is 1. The summed E-state index contributed by atoms with van der Waals surface area (Å²) in [7, 11) is 2.05. The number of hydrogen-bond acceptors (Lipinski definition) is 3. The summed E-state index contributed by atoms with van der Waals surface area (Å²) in [5.74, 6) is -0.545. The van der Waals surface area contributed by atoms with E-state index in [1.165, 1.54) is 12.1 Å². The average molecular weight is 395 g/mol. The van der Waals surface area contributed by atoms with Gasteiger partial charge in [0, 0.05) is 37.4 Å². The number of carbonyl (C=O) groups is 2. The first-order valence-electron chi connectivity index (χ1n) is 10.0. The molecule has 6 heteroatoms. The standard InChI is InChI=1S/C23H26FN3O2/c1-15-11-19-20(12-16(15)2)23(29)27(18-6-4-5-17(24)13-18)21(19)14-22(28)26-9-7-25(3)8-10-26/h4-6,11-13,21H,7-10,14H2,1-3H3/t21-/m1/s1. The van der Waals surface area contributed by atoms with Gasteiger partial charge < -0.3 is 14.7 Å². The molecule has 0 aromatic heterocycles. The zero-order valence-electron chi connectivity index (χ0n) is 17.1. The highest BCUT2D eigenvalue weighted by molar-refractivity contribution is 6.11. The first-order chi connectivity index (χ1) is 13.8. The molecule has 0 aliphatic carbocycles. The van der Waals surface area contributed by atoms with Crippen LogP contribution in [0.5, 0.6) is 0 Å². The zero-order chi connectivity index (χ0) is 20.7. The van der Waals surface area contributed by atoms with Gasteiger partial charge in [0.2, 0.25) is 5.91 Å². The first kappa shape index (κ1) is 19.6. The van der Waals surface area contributed by atoms with Gasteiger partial charge in [-0.15, -0.1) is 0 Å². The van der Waals surface area contributed by atoms with Crippen LogP contribution >= 0.6 is 0 Å². The van der Waals surface area contributed by atoms with Crippen LogP contribution in [0, 0.1) is 19.7 Å². The van der Waals surface area contributed by atoms with Crippen molar-refractivity contribution in [2.45, 2.75) is 26.3 Å². The Morgan fingerprint density at radius 2 is 1.76 bits per heavy atom. The molecule has 0 N–H and O–H groups in total. The van der Waals surface area contributed by atoms with Crippen molar-refractivity contribution in [1.29, 1.82) is 0 Å². The Kier molecular flexibility index (Phi) is 5.13. The van der Waals surface area contributed by atoms with E-state index in [1.807, 2.05) is 37.9 Å². The number of anilines is 1. The third-order valence-electron chi connectivity index (χ3n) is 6.10. The van der Waals surface area contributed by atoms with E-state index in [1.54, 1.807) is 17.0 Å². The molecule has 1 saturated heterocycles. The Morgan fingerprint density at radius 3 is 2.45 bits per heavy atom. The molecule has 0 unspecified atom stereocenters. The molecule has 0 radical (unpaired) electrons. The maximum absolute atomic E-state index is 13.9. The van der Waals surface area contributed by atoms with Crippen LogP contribution in [0.4, 0.5) is 10.1 Å². The molecule has 2 aromatic carbocycles. The van der Waals surface area contributed by atoms with Crippen molar-refractivity contribution in [3.05, 3.63) is 64.5 Å². The molecular weight excluding hydrogens is 369 g/mol. The Hall–Kier alpha value is -2.73. The number of hydrogen-bond donors (Lipinski definition) is 0. The molecule has 0 spiro atoms. The fourth-order valence-corrected chi connectivity index (χ4v) is 4.18. The molecule has 0 saturated carbocycles. The SMILES string of the molecule is Cc1cc2c(cc1C)[C@@H](CC(=O)N1CCN(C)CC1)N(c1cccc(F)c1)C2=O. The van der Waals surface area contributed by atoms with Gasteiger partial charge in [0.15, 0.2) is 0 Å². The summed E-state index contributed by atoms with van der Waals surface area (Å²) in [6.07, 6.45) is 0.196. The number of nitrogens with zero attached hydrogens (tertiary/aromatic N) is 3. The van der Waals surface area contributed by atoms with Crippen LogP contribution < -0.4 is 4.90 Å². The first-order valence-corrected chi connectivity index (χ1v) is 10.0. The van der Waals surface area contributed by atoms with Crippen LogP contribution in [0.25, 0.3) is 0 Å². The summed E-state index contributed by atoms with van der Waals surface area (Å²) in [4.78, 5) is 32.0. The zero-order valence-corrected chi connectivity index (χ0v) is 17.1. The third-order valence-corrected chi connectivity index (χ3v) is 6.10. The van der Waals surface area contributed by atoms with E-state index in [0.29, 0.717) is 24.3 Å². The summed E-state index contributed by atoms with van der Waals surface area (Å²) >= 11 is 0. The molecule has 29 heavy (non-hydrogen) atoms. The highest BCUT2D eigenvalue weighted by Crippen LogP contribution is 2.41. The molecule has 2 amide bonds. The molecule has 1 fully saturated rings. The lowest BCUT2D eigenvalue weighted by molar-refractivity contribution is -0.133. The van der Waals surface area contributed by atoms with Gasteiger partial charge in [0.1, 0.15) is 5.82 Å². The fourth-order valence-electron chi connectivity index (χ4n) is 4.18. The fraction of sp³-hybridized carbons (Fsp3) is 0.391. The topological polar surface area (TPSA) is 43.9 Å². The lowest BCUT2D eigenvalue weighted by Gasteiger charge is -2.34. The largest absolute Gasteiger partial charge is 0.340 e. The summed E-state index contributed by atoms with van der Waals surface area (Å²) in [5.41, 5.74) is 4.05. The van der Waals surface area contributed by atoms with Crippen molar-refractivity contribution < 1.29 is 14.0 Å². The number of likely N-dealkylation sites (N-methyl/N-ethyl adjacent to an activating group) is 1. The van der Waals surface area contributed by atoms with Crippen molar-refractivity contribution in [3.8, 4) is 0 Å². The van der Waals surface area contributed by atoms with Crippen molar-refractivity contribution in [1.82, 2.24) is 9.80 Å². The molecule has 2 heterocycles. The Morgan fingerprint density at radius 1 is 1.07 bits per heavy atom. The smallest absolute Gasteiger partial charge is 0.259 e. The highest BCUT2D eigenvalue weighted by atomic mass is 19.1. The van der Waals surface area contributed by atoms with Crippen LogP contribution in [0.1, 0.15) is 39.5 Å². The van der Waals surface area contributed by atoms with Gasteiger partial charge >= 0.3 is 0 Å². The average Bonchev–Trinajstić information content (AvgIpc) is 2.94. The van der Waals surface area contributed by atoms with Crippen LogP contribution in [0.3, 0.4) is 0 Å². The number of fused-ring (bicyclic) bond motifs is 1. The normalized spacial score (nSPS) is 19.6. The molecule has 2 aliphatic rings. The van der Waals surface area contributed by atoms with Crippen LogP contribution in [-0.4, -0.2) is 54.8 Å². The quantitative estimate of drug-likeness (QED) is 0.801. The summed E-state index contributed by atoms with van der Waals surface area (Å²) < 4.78 is 13.9. The van der Waals surface area contributed by atoms with E-state index in [2.05, 4.69) is 4.90 Å². The van der Waals surface area contributed by atoms with Gasteiger partial charge in [-0.3, -0.25) is 9.59 Å². The minimum atomic E-state index is -0.425. The number of aryl methyl sites for hydroxylation is 2. The molecule has 152 valence electrons. The number of benzene rings is 2. The Bertz CT molecular complexity index is 967. The minimum Gasteiger partial charge on any atom is -0.340 e. The molecule has 1 atom stereocenters. The van der Waals surface area contributed by atoms with Crippen molar-refractivity contribution >= 4 is 17.5 Å². The van der Waals surface area contributed by atoms with Crippen LogP contribution in [-0.2, 0) is 4.79 Å². The van der Waals surface area contributed by atoms with Gasteiger partial charge in [-0.05, 0) is 61.9 Å². The van der Waals surface area contributed by atoms with Crippen molar-refractivity contribution in [2.24, 2.45) is 0 Å². The number of rotatable bonds is 3. The number of halogens is 1. The second-order valence-corrected chi connectivity index (χ2v) is 8.08. The summed E-state index contributed by atoms with van der Waals surface area (Å²) in [5, 5.41) is 0. The highest BCUT2D eigenvalue weighted by Gasteiger charge is 2.40. The van der Waals surface area contributed by atoms with Crippen LogP contribution in [0.15, 0.2) is 36.4 Å². The molecular formula is C23H26FN3O2. The van der Waals surface area contributed by atoms with E-state index in [0.717, 1.165) is 29.8 Å². The second kappa shape index (κ2) is 7.59. The van der Waals surface area contributed by atoms with Crippen LogP contribution in [0.2, 0.25) is 0 Å². The summed E-state index contributed by atoms with van der Waals surface area (Å²) in [6, 6.07) is 9.50. The molecule has 2 aliphatic heterocycles. The molecule has 0 bridgehead atoms. The van der Waals surface area contributed by atoms with Gasteiger partial charge in [-0.25, -0.2) is 4.39 Å². The monoisotopic (exact) mass is 395 g/mol. The van der Waals surface area contributed by atoms with E-state index in [9.17, 15) is 14.0 Å². The third kappa shape index (κ3) is 3.65.